The second-order valence-electron chi connectivity index (χ2n) is 5.19. The number of nitrogens with zero attached hydrogens (tertiary/aromatic N) is 1. The van der Waals surface area contributed by atoms with E-state index in [1.54, 1.807) is 6.20 Å². The highest BCUT2D eigenvalue weighted by molar-refractivity contribution is 5.25. The highest BCUT2D eigenvalue weighted by atomic mass is 15.1. The molecule has 0 amide bonds. The fourth-order valence-electron chi connectivity index (χ4n) is 2.83. The van der Waals surface area contributed by atoms with E-state index in [1.165, 1.54) is 6.42 Å². The number of imidazole rings is 1. The van der Waals surface area contributed by atoms with Crippen LogP contribution < -0.4 is 5.32 Å². The van der Waals surface area contributed by atoms with E-state index in [1.807, 2.05) is 0 Å². The summed E-state index contributed by atoms with van der Waals surface area (Å²) in [5.74, 6) is 4.36. The molecule has 1 aliphatic carbocycles. The average Bonchev–Trinajstić information content (AvgIpc) is 2.76. The van der Waals surface area contributed by atoms with Crippen molar-refractivity contribution < 1.29 is 0 Å². The van der Waals surface area contributed by atoms with Gasteiger partial charge in [-0.05, 0) is 17.8 Å². The summed E-state index contributed by atoms with van der Waals surface area (Å²) in [5, 5.41) is 3.61. The molecule has 1 aliphatic heterocycles. The van der Waals surface area contributed by atoms with E-state index in [0.717, 1.165) is 17.4 Å². The molecule has 2 heterocycles. The van der Waals surface area contributed by atoms with Crippen molar-refractivity contribution in [2.75, 3.05) is 0 Å². The van der Waals surface area contributed by atoms with Crippen molar-refractivity contribution in [3.8, 4) is 12.3 Å². The van der Waals surface area contributed by atoms with Gasteiger partial charge in [0.15, 0.2) is 0 Å². The van der Waals surface area contributed by atoms with E-state index in [-0.39, 0.29) is 0 Å². The fourth-order valence-corrected chi connectivity index (χ4v) is 2.83. The van der Waals surface area contributed by atoms with Crippen molar-refractivity contribution in [3.05, 3.63) is 17.7 Å². The van der Waals surface area contributed by atoms with Gasteiger partial charge in [0.25, 0.3) is 0 Å². The molecule has 78 valence electrons. The highest BCUT2D eigenvalue weighted by Gasteiger charge is 2.62. The average molecular weight is 201 g/mol. The molecule has 0 unspecified atom stereocenters. The fraction of sp³-hybridized carbons (Fsp3) is 0.583. The van der Waals surface area contributed by atoms with Crippen LogP contribution in [0, 0.1) is 23.7 Å². The van der Waals surface area contributed by atoms with Gasteiger partial charge in [-0.15, -0.1) is 6.42 Å². The molecule has 0 radical (unpaired) electrons. The maximum absolute atomic E-state index is 5.30. The Kier molecular flexibility index (Phi) is 1.59. The predicted octanol–water partition coefficient (Wildman–Crippen LogP) is 1.45. The Balaban J connectivity index is 1.75. The molecule has 2 aliphatic rings. The smallest absolute Gasteiger partial charge is 0.124 e. The van der Waals surface area contributed by atoms with Crippen molar-refractivity contribution in [1.29, 1.82) is 0 Å². The van der Waals surface area contributed by atoms with Crippen LogP contribution >= 0.6 is 0 Å². The zero-order valence-electron chi connectivity index (χ0n) is 9.04. The molecule has 3 nitrogen and oxygen atoms in total. The molecular formula is C12H15N3. The minimum Gasteiger partial charge on any atom is -0.334 e. The van der Waals surface area contributed by atoms with Gasteiger partial charge in [0.2, 0.25) is 0 Å². The number of rotatable bonds is 1. The third-order valence-corrected chi connectivity index (χ3v) is 4.00. The maximum atomic E-state index is 5.30. The molecule has 2 N–H and O–H groups in total. The van der Waals surface area contributed by atoms with E-state index >= 15 is 0 Å². The van der Waals surface area contributed by atoms with Gasteiger partial charge in [0.1, 0.15) is 11.5 Å². The predicted molar refractivity (Wildman–Crippen MR) is 58.1 cm³/mol. The van der Waals surface area contributed by atoms with Gasteiger partial charge in [0, 0.05) is 6.04 Å². The van der Waals surface area contributed by atoms with Crippen LogP contribution in [-0.2, 0) is 0 Å². The molecule has 3 heteroatoms. The Morgan fingerprint density at radius 2 is 2.40 bits per heavy atom. The highest BCUT2D eigenvalue weighted by Crippen LogP contribution is 2.60. The first-order chi connectivity index (χ1) is 7.13. The van der Waals surface area contributed by atoms with Crippen LogP contribution in [-0.4, -0.2) is 16.0 Å². The van der Waals surface area contributed by atoms with E-state index in [2.05, 4.69) is 35.1 Å². The molecule has 1 saturated carbocycles. The Labute approximate surface area is 89.7 Å². The lowest BCUT2D eigenvalue weighted by Crippen LogP contribution is -2.24. The summed E-state index contributed by atoms with van der Waals surface area (Å²) in [7, 11) is 0. The number of hydrogen-bond donors (Lipinski definition) is 2. The topological polar surface area (TPSA) is 40.7 Å². The van der Waals surface area contributed by atoms with Crippen LogP contribution in [0.1, 0.15) is 37.8 Å². The molecule has 0 bridgehead atoms. The SMILES string of the molecule is C#Cc1cnc([C@@H]2C[C@@H]3[C@H](N2)C3(C)C)[nH]1. The quantitative estimate of drug-likeness (QED) is 0.675. The first-order valence-electron chi connectivity index (χ1n) is 5.40. The van der Waals surface area contributed by atoms with Crippen LogP contribution in [0.5, 0.6) is 0 Å². The summed E-state index contributed by atoms with van der Waals surface area (Å²) < 4.78 is 0. The molecule has 1 aromatic rings. The third kappa shape index (κ3) is 1.15. The number of nitrogens with one attached hydrogen (secondary N) is 2. The molecule has 1 aromatic heterocycles. The van der Waals surface area contributed by atoms with Crippen LogP contribution in [0.4, 0.5) is 0 Å². The number of aromatic nitrogens is 2. The van der Waals surface area contributed by atoms with Crippen LogP contribution in [0.25, 0.3) is 0 Å². The van der Waals surface area contributed by atoms with Gasteiger partial charge >= 0.3 is 0 Å². The van der Waals surface area contributed by atoms with Crippen molar-refractivity contribution in [2.24, 2.45) is 11.3 Å². The van der Waals surface area contributed by atoms with Gasteiger partial charge in [0.05, 0.1) is 12.2 Å². The second-order valence-corrected chi connectivity index (χ2v) is 5.19. The minimum absolute atomic E-state index is 0.370. The zero-order valence-corrected chi connectivity index (χ0v) is 9.04. The monoisotopic (exact) mass is 201 g/mol. The van der Waals surface area contributed by atoms with Crippen molar-refractivity contribution in [2.45, 2.75) is 32.4 Å². The first-order valence-corrected chi connectivity index (χ1v) is 5.40. The van der Waals surface area contributed by atoms with Gasteiger partial charge in [-0.3, -0.25) is 0 Å². The van der Waals surface area contributed by atoms with E-state index in [0.29, 0.717) is 17.5 Å². The number of fused-ring (bicyclic) bond motifs is 1. The van der Waals surface area contributed by atoms with Crippen LogP contribution in [0.2, 0.25) is 0 Å². The number of piperidine rings is 1. The number of aromatic amines is 1. The summed E-state index contributed by atoms with van der Waals surface area (Å²) in [5.41, 5.74) is 1.25. The van der Waals surface area contributed by atoms with Gasteiger partial charge < -0.3 is 10.3 Å². The molecule has 3 rings (SSSR count). The van der Waals surface area contributed by atoms with Gasteiger partial charge in [-0.1, -0.05) is 19.8 Å². The normalized spacial score (nSPS) is 35.9. The number of terminal acetylenes is 1. The summed E-state index contributed by atoms with van der Waals surface area (Å²) >= 11 is 0. The first kappa shape index (κ1) is 8.99. The summed E-state index contributed by atoms with van der Waals surface area (Å²) in [6.45, 7) is 4.64. The van der Waals surface area contributed by atoms with Crippen molar-refractivity contribution in [1.82, 2.24) is 15.3 Å². The molecule has 0 spiro atoms. The second kappa shape index (κ2) is 2.65. The molecule has 0 aromatic carbocycles. The lowest BCUT2D eigenvalue weighted by Gasteiger charge is -2.16. The standard InChI is InChI=1S/C12H15N3/c1-4-7-6-13-11(14-7)9-5-8-10(15-9)12(8,2)3/h1,6,8-10,15H,5H2,2-3H3,(H,13,14)/t8-,9+,10+/m1/s1. The molecule has 1 saturated heterocycles. The van der Waals surface area contributed by atoms with E-state index in [9.17, 15) is 0 Å². The Bertz CT molecular complexity index is 424. The Morgan fingerprint density at radius 3 is 2.93 bits per heavy atom. The van der Waals surface area contributed by atoms with E-state index < -0.39 is 0 Å². The lowest BCUT2D eigenvalue weighted by molar-refractivity contribution is 0.408. The van der Waals surface area contributed by atoms with Gasteiger partial charge in [-0.25, -0.2) is 4.98 Å². The maximum Gasteiger partial charge on any atom is 0.124 e. The third-order valence-electron chi connectivity index (χ3n) is 4.00. The summed E-state index contributed by atoms with van der Waals surface area (Å²) in [6, 6.07) is 1.04. The summed E-state index contributed by atoms with van der Waals surface area (Å²) in [4.78, 5) is 7.47. The molecule has 15 heavy (non-hydrogen) atoms. The van der Waals surface area contributed by atoms with Gasteiger partial charge in [-0.2, -0.15) is 0 Å². The Hall–Kier alpha value is -1.27. The number of H-pyrrole nitrogens is 1. The number of hydrogen-bond acceptors (Lipinski definition) is 2. The molecule has 2 fully saturated rings. The molecule has 3 atom stereocenters. The zero-order chi connectivity index (χ0) is 10.6. The van der Waals surface area contributed by atoms with Crippen molar-refractivity contribution >= 4 is 0 Å². The minimum atomic E-state index is 0.370. The van der Waals surface area contributed by atoms with E-state index in [4.69, 9.17) is 6.42 Å². The van der Waals surface area contributed by atoms with Crippen LogP contribution in [0.3, 0.4) is 0 Å². The largest absolute Gasteiger partial charge is 0.334 e. The van der Waals surface area contributed by atoms with Crippen LogP contribution in [0.15, 0.2) is 6.20 Å². The molecular weight excluding hydrogens is 186 g/mol. The lowest BCUT2D eigenvalue weighted by atomic mass is 10.0. The summed E-state index contributed by atoms with van der Waals surface area (Å²) in [6.07, 6.45) is 8.20. The Morgan fingerprint density at radius 1 is 1.60 bits per heavy atom. The van der Waals surface area contributed by atoms with Crippen molar-refractivity contribution in [3.63, 3.8) is 0 Å².